The summed E-state index contributed by atoms with van der Waals surface area (Å²) in [6.45, 7) is 11.5. The van der Waals surface area contributed by atoms with Gasteiger partial charge in [0.15, 0.2) is 0 Å². The van der Waals surface area contributed by atoms with Gasteiger partial charge in [0.2, 0.25) is 0 Å². The Morgan fingerprint density at radius 1 is 0.426 bits per heavy atom. The standard InChI is InChI=1S/C59H47NS/c1-58(2,3)44-28-22-40(23-29-44)38-18-20-39(21-19-38)41-24-30-45(31-25-41)60(46-32-34-53-51(37-46)48-14-8-10-16-52(48)59(53,4)5)54-35-27-42-12-6-7-13-47(42)57(54)43-26-33-50-49-15-9-11-17-55(49)61-56(50)36-43/h6-37H,1-5H3. The molecule has 294 valence electrons. The highest BCUT2D eigenvalue weighted by atomic mass is 32.1. The third-order valence-corrected chi connectivity index (χ3v) is 14.2. The minimum absolute atomic E-state index is 0.0733. The molecule has 0 amide bonds. The minimum Gasteiger partial charge on any atom is -0.310 e. The lowest BCUT2D eigenvalue weighted by Gasteiger charge is -2.30. The van der Waals surface area contributed by atoms with Crippen LogP contribution >= 0.6 is 11.3 Å². The summed E-state index contributed by atoms with van der Waals surface area (Å²) in [7, 11) is 0. The number of rotatable bonds is 6. The van der Waals surface area contributed by atoms with Crippen molar-refractivity contribution in [2.75, 3.05) is 4.90 Å². The molecule has 1 heterocycles. The third-order valence-electron chi connectivity index (χ3n) is 13.1. The van der Waals surface area contributed by atoms with Crippen molar-refractivity contribution in [2.45, 2.75) is 45.4 Å². The van der Waals surface area contributed by atoms with E-state index in [0.29, 0.717) is 0 Å². The van der Waals surface area contributed by atoms with Crippen LogP contribution in [-0.2, 0) is 10.8 Å². The molecule has 0 radical (unpaired) electrons. The van der Waals surface area contributed by atoms with Crippen LogP contribution in [0.15, 0.2) is 194 Å². The first kappa shape index (κ1) is 37.3. The topological polar surface area (TPSA) is 3.24 Å². The number of nitrogens with zero attached hydrogens (tertiary/aromatic N) is 1. The molecule has 0 N–H and O–H groups in total. The number of hydrogen-bond donors (Lipinski definition) is 0. The van der Waals surface area contributed by atoms with E-state index in [-0.39, 0.29) is 10.8 Å². The van der Waals surface area contributed by atoms with Crippen LogP contribution in [0.5, 0.6) is 0 Å². The first-order chi connectivity index (χ1) is 29.6. The van der Waals surface area contributed by atoms with Gasteiger partial charge in [0, 0.05) is 42.5 Å². The Morgan fingerprint density at radius 3 is 1.70 bits per heavy atom. The largest absolute Gasteiger partial charge is 0.310 e. The van der Waals surface area contributed by atoms with Crippen molar-refractivity contribution in [3.05, 3.63) is 211 Å². The van der Waals surface area contributed by atoms with Gasteiger partial charge >= 0.3 is 0 Å². The molecule has 1 aromatic heterocycles. The Balaban J connectivity index is 1.06. The summed E-state index contributed by atoms with van der Waals surface area (Å²) < 4.78 is 2.62. The minimum atomic E-state index is -0.0733. The van der Waals surface area contributed by atoms with Gasteiger partial charge in [-0.05, 0) is 114 Å². The van der Waals surface area contributed by atoms with E-state index in [1.807, 2.05) is 11.3 Å². The molecule has 0 bridgehead atoms. The summed E-state index contributed by atoms with van der Waals surface area (Å²) in [6.07, 6.45) is 0. The van der Waals surface area contributed by atoms with Gasteiger partial charge in [-0.15, -0.1) is 11.3 Å². The molecular weight excluding hydrogens is 755 g/mol. The van der Waals surface area contributed by atoms with E-state index in [0.717, 1.165) is 17.1 Å². The van der Waals surface area contributed by atoms with Crippen LogP contribution in [0.2, 0.25) is 0 Å². The highest BCUT2D eigenvalue weighted by Crippen LogP contribution is 2.52. The molecule has 61 heavy (non-hydrogen) atoms. The van der Waals surface area contributed by atoms with Crippen LogP contribution in [0.25, 0.3) is 75.5 Å². The summed E-state index contributed by atoms with van der Waals surface area (Å²) >= 11 is 1.88. The Hall–Kier alpha value is -6.74. The number of anilines is 3. The monoisotopic (exact) mass is 801 g/mol. The van der Waals surface area contributed by atoms with E-state index in [1.54, 1.807) is 0 Å². The zero-order valence-corrected chi connectivity index (χ0v) is 36.1. The van der Waals surface area contributed by atoms with Crippen molar-refractivity contribution in [3.8, 4) is 44.5 Å². The van der Waals surface area contributed by atoms with E-state index in [2.05, 4.69) is 234 Å². The first-order valence-corrected chi connectivity index (χ1v) is 22.2. The zero-order valence-electron chi connectivity index (χ0n) is 35.3. The summed E-state index contributed by atoms with van der Waals surface area (Å²) in [5, 5.41) is 5.10. The average Bonchev–Trinajstić information content (AvgIpc) is 3.77. The Labute approximate surface area is 363 Å². The fraction of sp³-hybridized carbons (Fsp3) is 0.119. The van der Waals surface area contributed by atoms with Crippen molar-refractivity contribution >= 4 is 59.3 Å². The lowest BCUT2D eigenvalue weighted by atomic mass is 9.82. The Morgan fingerprint density at radius 2 is 0.984 bits per heavy atom. The maximum absolute atomic E-state index is 2.49. The van der Waals surface area contributed by atoms with Crippen molar-refractivity contribution in [2.24, 2.45) is 0 Å². The zero-order chi connectivity index (χ0) is 41.5. The van der Waals surface area contributed by atoms with Crippen LogP contribution in [0.3, 0.4) is 0 Å². The molecule has 11 rings (SSSR count). The van der Waals surface area contributed by atoms with E-state index < -0.39 is 0 Å². The van der Waals surface area contributed by atoms with Gasteiger partial charge in [-0.3, -0.25) is 0 Å². The molecule has 1 aliphatic rings. The SMILES string of the molecule is CC(C)(C)c1ccc(-c2ccc(-c3ccc(N(c4ccc5c(c4)-c4ccccc4C5(C)C)c4ccc5ccccc5c4-c4ccc5c(c4)sc4ccccc45)cc3)cc2)cc1. The molecular formula is C59H47NS. The fourth-order valence-electron chi connectivity index (χ4n) is 9.73. The molecule has 0 atom stereocenters. The molecule has 0 saturated heterocycles. The van der Waals surface area contributed by atoms with Crippen LogP contribution in [-0.4, -0.2) is 0 Å². The van der Waals surface area contributed by atoms with E-state index in [9.17, 15) is 0 Å². The van der Waals surface area contributed by atoms with Crippen LogP contribution in [0.1, 0.15) is 51.3 Å². The Bertz CT molecular complexity index is 3290. The second kappa shape index (κ2) is 14.2. The molecule has 0 spiro atoms. The Kier molecular flexibility index (Phi) is 8.67. The molecule has 0 saturated carbocycles. The van der Waals surface area contributed by atoms with Crippen LogP contribution in [0.4, 0.5) is 17.1 Å². The van der Waals surface area contributed by atoms with Gasteiger partial charge in [-0.1, -0.05) is 186 Å². The predicted molar refractivity (Wildman–Crippen MR) is 264 cm³/mol. The summed E-state index contributed by atoms with van der Waals surface area (Å²) in [4.78, 5) is 2.49. The van der Waals surface area contributed by atoms with E-state index in [1.165, 1.54) is 92.1 Å². The van der Waals surface area contributed by atoms with E-state index >= 15 is 0 Å². The molecule has 0 fully saturated rings. The van der Waals surface area contributed by atoms with Gasteiger partial charge in [-0.2, -0.15) is 0 Å². The van der Waals surface area contributed by atoms with Crippen molar-refractivity contribution in [1.29, 1.82) is 0 Å². The molecule has 2 heteroatoms. The lowest BCUT2D eigenvalue weighted by molar-refractivity contribution is 0.590. The normalized spacial score (nSPS) is 13.1. The van der Waals surface area contributed by atoms with Crippen molar-refractivity contribution in [1.82, 2.24) is 0 Å². The van der Waals surface area contributed by atoms with Crippen molar-refractivity contribution < 1.29 is 0 Å². The molecule has 10 aromatic rings. The van der Waals surface area contributed by atoms with Crippen LogP contribution < -0.4 is 4.90 Å². The number of hydrogen-bond acceptors (Lipinski definition) is 2. The lowest BCUT2D eigenvalue weighted by Crippen LogP contribution is -2.15. The van der Waals surface area contributed by atoms with Crippen LogP contribution in [0, 0.1) is 0 Å². The molecule has 9 aromatic carbocycles. The summed E-state index contributed by atoms with van der Waals surface area (Å²) in [5.74, 6) is 0. The van der Waals surface area contributed by atoms with Crippen molar-refractivity contribution in [3.63, 3.8) is 0 Å². The van der Waals surface area contributed by atoms with Gasteiger partial charge in [-0.25, -0.2) is 0 Å². The third kappa shape index (κ3) is 6.28. The number of fused-ring (bicyclic) bond motifs is 7. The predicted octanol–water partition coefficient (Wildman–Crippen LogP) is 17.3. The quantitative estimate of drug-likeness (QED) is 0.162. The highest BCUT2D eigenvalue weighted by molar-refractivity contribution is 7.25. The number of benzene rings is 9. The summed E-state index contributed by atoms with van der Waals surface area (Å²) in [6, 6.07) is 72.6. The van der Waals surface area contributed by atoms with Gasteiger partial charge < -0.3 is 4.90 Å². The molecule has 1 nitrogen and oxygen atoms in total. The average molecular weight is 802 g/mol. The van der Waals surface area contributed by atoms with Gasteiger partial charge in [0.1, 0.15) is 0 Å². The first-order valence-electron chi connectivity index (χ1n) is 21.4. The second-order valence-corrected chi connectivity index (χ2v) is 19.3. The van der Waals surface area contributed by atoms with Gasteiger partial charge in [0.25, 0.3) is 0 Å². The molecule has 1 aliphatic carbocycles. The van der Waals surface area contributed by atoms with E-state index in [4.69, 9.17) is 0 Å². The molecule has 0 aliphatic heterocycles. The van der Waals surface area contributed by atoms with Gasteiger partial charge in [0.05, 0.1) is 5.69 Å². The highest BCUT2D eigenvalue weighted by Gasteiger charge is 2.35. The maximum Gasteiger partial charge on any atom is 0.0546 e. The molecule has 0 unspecified atom stereocenters. The number of thiophene rings is 1. The fourth-order valence-corrected chi connectivity index (χ4v) is 10.9. The smallest absolute Gasteiger partial charge is 0.0546 e. The second-order valence-electron chi connectivity index (χ2n) is 18.2. The maximum atomic E-state index is 2.49. The summed E-state index contributed by atoms with van der Waals surface area (Å²) in [5.41, 5.74) is 17.5.